The third kappa shape index (κ3) is 2.46. The van der Waals surface area contributed by atoms with Gasteiger partial charge in [-0.25, -0.2) is 9.97 Å². The molecule has 5 aromatic rings. The van der Waals surface area contributed by atoms with Gasteiger partial charge in [0.25, 0.3) is 0 Å². The van der Waals surface area contributed by atoms with Gasteiger partial charge in [0.15, 0.2) is 5.82 Å². The molecule has 0 aliphatic heterocycles. The Labute approximate surface area is 158 Å². The Morgan fingerprint density at radius 1 is 0.731 bits per heavy atom. The first-order valence-corrected chi connectivity index (χ1v) is 8.82. The van der Waals surface area contributed by atoms with E-state index in [2.05, 4.69) is 15.0 Å². The van der Waals surface area contributed by atoms with Gasteiger partial charge in [-0.1, -0.05) is 23.2 Å². The summed E-state index contributed by atoms with van der Waals surface area (Å²) in [5.74, 6) is 0.646. The number of halogens is 2. The number of benzene rings is 2. The highest BCUT2D eigenvalue weighted by atomic mass is 35.5. The number of rotatable bonds is 2. The van der Waals surface area contributed by atoms with Crippen LogP contribution in [0, 0.1) is 0 Å². The molecule has 0 atom stereocenters. The molecule has 0 fully saturated rings. The van der Waals surface area contributed by atoms with Crippen LogP contribution < -0.4 is 0 Å². The molecule has 4 nitrogen and oxygen atoms in total. The Balaban J connectivity index is 1.69. The molecule has 0 amide bonds. The van der Waals surface area contributed by atoms with Gasteiger partial charge < -0.3 is 9.97 Å². The molecule has 2 aromatic carbocycles. The molecule has 0 unspecified atom stereocenters. The van der Waals surface area contributed by atoms with Crippen LogP contribution in [0.2, 0.25) is 10.0 Å². The molecule has 5 rings (SSSR count). The van der Waals surface area contributed by atoms with Crippen LogP contribution in [0.25, 0.3) is 44.5 Å². The van der Waals surface area contributed by atoms with Crippen molar-refractivity contribution in [1.29, 1.82) is 0 Å². The summed E-state index contributed by atoms with van der Waals surface area (Å²) in [6, 6.07) is 13.4. The molecule has 0 radical (unpaired) electrons. The van der Waals surface area contributed by atoms with Crippen LogP contribution >= 0.6 is 23.2 Å². The highest BCUT2D eigenvalue weighted by molar-refractivity contribution is 6.31. The van der Waals surface area contributed by atoms with Gasteiger partial charge in [0, 0.05) is 61.6 Å². The monoisotopic (exact) mass is 378 g/mol. The van der Waals surface area contributed by atoms with Gasteiger partial charge in [-0.15, -0.1) is 0 Å². The number of fused-ring (bicyclic) bond motifs is 2. The van der Waals surface area contributed by atoms with Gasteiger partial charge in [0.05, 0.1) is 5.69 Å². The molecule has 3 aromatic heterocycles. The van der Waals surface area contributed by atoms with Gasteiger partial charge in [0.1, 0.15) is 0 Å². The third-order valence-electron chi connectivity index (χ3n) is 4.46. The summed E-state index contributed by atoms with van der Waals surface area (Å²) in [6.07, 6.45) is 5.62. The van der Waals surface area contributed by atoms with E-state index in [4.69, 9.17) is 28.2 Å². The van der Waals surface area contributed by atoms with Crippen molar-refractivity contribution in [2.24, 2.45) is 0 Å². The second-order valence-corrected chi connectivity index (χ2v) is 6.92. The fourth-order valence-corrected chi connectivity index (χ4v) is 3.57. The van der Waals surface area contributed by atoms with Gasteiger partial charge in [-0.2, -0.15) is 0 Å². The molecule has 0 bridgehead atoms. The largest absolute Gasteiger partial charge is 0.360 e. The number of aromatic amines is 2. The summed E-state index contributed by atoms with van der Waals surface area (Å²) in [6.45, 7) is 0. The lowest BCUT2D eigenvalue weighted by molar-refractivity contribution is 1.18. The van der Waals surface area contributed by atoms with Crippen molar-refractivity contribution in [1.82, 2.24) is 19.9 Å². The highest BCUT2D eigenvalue weighted by Crippen LogP contribution is 2.32. The minimum absolute atomic E-state index is 0.646. The number of nitrogens with zero attached hydrogens (tertiary/aromatic N) is 2. The summed E-state index contributed by atoms with van der Waals surface area (Å²) in [5, 5.41) is 3.40. The van der Waals surface area contributed by atoms with E-state index < -0.39 is 0 Å². The van der Waals surface area contributed by atoms with E-state index in [-0.39, 0.29) is 0 Å². The zero-order valence-corrected chi connectivity index (χ0v) is 14.9. The quantitative estimate of drug-likeness (QED) is 0.391. The molecule has 6 heteroatoms. The molecular formula is C20H12Cl2N4. The number of hydrogen-bond donors (Lipinski definition) is 2. The fraction of sp³-hybridized carbons (Fsp3) is 0. The fourth-order valence-electron chi connectivity index (χ4n) is 3.22. The molecule has 2 N–H and O–H groups in total. The maximum atomic E-state index is 6.16. The number of nitrogens with one attached hydrogen (secondary N) is 2. The zero-order valence-electron chi connectivity index (χ0n) is 13.4. The lowest BCUT2D eigenvalue weighted by Crippen LogP contribution is -1.90. The van der Waals surface area contributed by atoms with E-state index in [9.17, 15) is 0 Å². The standard InChI is InChI=1S/C20H12Cl2N4/c21-11-1-3-17-13(7-11)15(9-24-17)19-5-6-23-20(26-19)16-10-25-18-4-2-12(22)8-14(16)18/h1-10,24-25H. The summed E-state index contributed by atoms with van der Waals surface area (Å²) >= 11 is 12.3. The number of H-pyrrole nitrogens is 2. The van der Waals surface area contributed by atoms with Crippen LogP contribution in [0.5, 0.6) is 0 Å². The van der Waals surface area contributed by atoms with Gasteiger partial charge in [0.2, 0.25) is 0 Å². The van der Waals surface area contributed by atoms with Crippen LogP contribution in [0.1, 0.15) is 0 Å². The SMILES string of the molecule is Clc1ccc2[nH]cc(-c3ccnc(-c4c[nH]c5ccc(Cl)cc45)n3)c2c1. The second-order valence-electron chi connectivity index (χ2n) is 6.05. The summed E-state index contributed by atoms with van der Waals surface area (Å²) in [5.41, 5.74) is 4.76. The first kappa shape index (κ1) is 15.4. The van der Waals surface area contributed by atoms with Crippen LogP contribution in [-0.2, 0) is 0 Å². The Bertz CT molecular complexity index is 1170. The summed E-state index contributed by atoms with van der Waals surface area (Å²) in [4.78, 5) is 15.7. The minimum atomic E-state index is 0.646. The molecule has 0 saturated carbocycles. The predicted octanol–water partition coefficient (Wildman–Crippen LogP) is 6.08. The summed E-state index contributed by atoms with van der Waals surface area (Å²) < 4.78 is 0. The van der Waals surface area contributed by atoms with Crippen molar-refractivity contribution in [3.8, 4) is 22.6 Å². The van der Waals surface area contributed by atoms with E-state index in [1.54, 1.807) is 6.20 Å². The second kappa shape index (κ2) is 5.87. The Kier molecular flexibility index (Phi) is 3.48. The maximum absolute atomic E-state index is 6.16. The molecule has 3 heterocycles. The van der Waals surface area contributed by atoms with Crippen molar-refractivity contribution < 1.29 is 0 Å². The van der Waals surface area contributed by atoms with Crippen molar-refractivity contribution in [3.05, 3.63) is 71.1 Å². The highest BCUT2D eigenvalue weighted by Gasteiger charge is 2.13. The van der Waals surface area contributed by atoms with E-state index in [0.717, 1.165) is 38.6 Å². The van der Waals surface area contributed by atoms with Crippen molar-refractivity contribution in [2.45, 2.75) is 0 Å². The molecule has 126 valence electrons. The third-order valence-corrected chi connectivity index (χ3v) is 4.93. The Morgan fingerprint density at radius 3 is 2.04 bits per heavy atom. The molecule has 0 spiro atoms. The Morgan fingerprint density at radius 2 is 1.35 bits per heavy atom. The molecule has 0 saturated heterocycles. The first-order valence-electron chi connectivity index (χ1n) is 8.06. The Hall–Kier alpha value is -2.82. The van der Waals surface area contributed by atoms with E-state index in [1.165, 1.54) is 0 Å². The predicted molar refractivity (Wildman–Crippen MR) is 107 cm³/mol. The molecule has 0 aliphatic rings. The maximum Gasteiger partial charge on any atom is 0.161 e. The van der Waals surface area contributed by atoms with E-state index in [1.807, 2.05) is 54.9 Å². The topological polar surface area (TPSA) is 57.4 Å². The van der Waals surface area contributed by atoms with Crippen LogP contribution in [-0.4, -0.2) is 19.9 Å². The van der Waals surface area contributed by atoms with Crippen molar-refractivity contribution in [2.75, 3.05) is 0 Å². The van der Waals surface area contributed by atoms with Gasteiger partial charge in [-0.3, -0.25) is 0 Å². The van der Waals surface area contributed by atoms with E-state index >= 15 is 0 Å². The zero-order chi connectivity index (χ0) is 17.7. The normalized spacial score (nSPS) is 11.5. The van der Waals surface area contributed by atoms with Gasteiger partial charge >= 0.3 is 0 Å². The average Bonchev–Trinajstić information content (AvgIpc) is 3.25. The van der Waals surface area contributed by atoms with Gasteiger partial charge in [-0.05, 0) is 42.5 Å². The van der Waals surface area contributed by atoms with E-state index in [0.29, 0.717) is 15.9 Å². The van der Waals surface area contributed by atoms with Crippen LogP contribution in [0.3, 0.4) is 0 Å². The smallest absolute Gasteiger partial charge is 0.161 e. The summed E-state index contributed by atoms with van der Waals surface area (Å²) in [7, 11) is 0. The number of hydrogen-bond acceptors (Lipinski definition) is 2. The molecular weight excluding hydrogens is 367 g/mol. The lowest BCUT2D eigenvalue weighted by atomic mass is 10.1. The molecule has 26 heavy (non-hydrogen) atoms. The lowest BCUT2D eigenvalue weighted by Gasteiger charge is -2.03. The van der Waals surface area contributed by atoms with Crippen LogP contribution in [0.4, 0.5) is 0 Å². The first-order chi connectivity index (χ1) is 12.7. The van der Waals surface area contributed by atoms with Crippen LogP contribution in [0.15, 0.2) is 61.1 Å². The molecule has 0 aliphatic carbocycles. The number of aromatic nitrogens is 4. The average molecular weight is 379 g/mol. The minimum Gasteiger partial charge on any atom is -0.360 e. The van der Waals surface area contributed by atoms with Crippen molar-refractivity contribution in [3.63, 3.8) is 0 Å². The van der Waals surface area contributed by atoms with Crippen molar-refractivity contribution >= 4 is 45.0 Å².